The summed E-state index contributed by atoms with van der Waals surface area (Å²) in [5, 5.41) is 14.7. The van der Waals surface area contributed by atoms with Gasteiger partial charge >= 0.3 is 0 Å². The van der Waals surface area contributed by atoms with Gasteiger partial charge in [-0.15, -0.1) is 0 Å². The number of carbonyl (C=O) groups is 1. The lowest BCUT2D eigenvalue weighted by atomic mass is 9.65. The van der Waals surface area contributed by atoms with Crippen LogP contribution in [0.15, 0.2) is 36.4 Å². The maximum Gasteiger partial charge on any atom is 0.263 e. The Morgan fingerprint density at radius 3 is 2.58 bits per heavy atom. The van der Waals surface area contributed by atoms with E-state index in [1.54, 1.807) is 0 Å². The molecule has 55 heavy (non-hydrogen) atoms. The lowest BCUT2D eigenvalue weighted by Crippen LogP contribution is -2.57. The van der Waals surface area contributed by atoms with E-state index in [0.29, 0.717) is 29.9 Å². The van der Waals surface area contributed by atoms with Crippen LogP contribution in [0, 0.1) is 23.7 Å². The molecule has 2 aromatic rings. The van der Waals surface area contributed by atoms with Gasteiger partial charge in [0.1, 0.15) is 16.7 Å². The average Bonchev–Trinajstić information content (AvgIpc) is 3.31. The summed E-state index contributed by atoms with van der Waals surface area (Å²) in [5.41, 5.74) is 4.11. The molecular weight excluding hydrogens is 730 g/mol. The van der Waals surface area contributed by atoms with Crippen LogP contribution in [-0.2, 0) is 17.4 Å². The predicted octanol–water partition coefficient (Wildman–Crippen LogP) is 6.89. The molecule has 9 nitrogen and oxygen atoms in total. The van der Waals surface area contributed by atoms with Crippen LogP contribution in [0.1, 0.15) is 107 Å². The molecular formula is C44H68ClN5O4S. The minimum atomic E-state index is -1.50. The van der Waals surface area contributed by atoms with Gasteiger partial charge in [0.2, 0.25) is 0 Å². The first kappa shape index (κ1) is 42.4. The Bertz CT molecular complexity index is 1620. The molecule has 2 bridgehead atoms. The molecule has 6 rings (SSSR count). The van der Waals surface area contributed by atoms with Gasteiger partial charge in [0.15, 0.2) is 0 Å². The molecule has 3 heterocycles. The molecule has 0 spiro atoms. The molecule has 0 aromatic heterocycles. The highest BCUT2D eigenvalue weighted by molar-refractivity contribution is 7.84. The molecule has 0 radical (unpaired) electrons. The van der Waals surface area contributed by atoms with Crippen LogP contribution < -0.4 is 19.7 Å². The predicted molar refractivity (Wildman–Crippen MR) is 227 cm³/mol. The molecule has 1 aliphatic carbocycles. The number of halogens is 1. The number of nitrogens with zero attached hydrogens (tertiary/aromatic N) is 3. The number of ether oxygens (including phenoxy) is 1. The lowest BCUT2D eigenvalue weighted by Gasteiger charge is -2.48. The summed E-state index contributed by atoms with van der Waals surface area (Å²) in [6.45, 7) is 21.2. The Hall–Kier alpha value is -2.21. The molecule has 3 N–H and O–H groups in total. The largest absolute Gasteiger partial charge is 0.491 e. The van der Waals surface area contributed by atoms with Gasteiger partial charge < -0.3 is 25.0 Å². The molecule has 1 saturated carbocycles. The Morgan fingerprint density at radius 2 is 1.85 bits per heavy atom. The van der Waals surface area contributed by atoms with Gasteiger partial charge in [-0.2, -0.15) is 0 Å². The normalized spacial score (nSPS) is 30.1. The van der Waals surface area contributed by atoms with Crippen molar-refractivity contribution in [3.63, 3.8) is 0 Å². The van der Waals surface area contributed by atoms with Gasteiger partial charge in [-0.3, -0.25) is 14.4 Å². The first-order chi connectivity index (χ1) is 26.3. The highest BCUT2D eigenvalue weighted by atomic mass is 35.5. The highest BCUT2D eigenvalue weighted by Gasteiger charge is 2.41. The van der Waals surface area contributed by atoms with Crippen LogP contribution in [0.25, 0.3) is 0 Å². The van der Waals surface area contributed by atoms with E-state index < -0.39 is 11.0 Å². The van der Waals surface area contributed by atoms with Crippen molar-refractivity contribution >= 4 is 34.2 Å². The van der Waals surface area contributed by atoms with E-state index in [0.717, 1.165) is 101 Å². The standard InChI is InChI=1S/C44H68ClN5O4S/c1-7-9-32-22-37(45)14-16-39(32)36-26-50-25-35-12-15-40(35)34(24-48-20-21-49(38(27-48)28-51)19-18-46-44(4,5)6)11-8-10-30(2)31(3)55(53)47-43(52)33-13-17-42(54-29-36)41(50)23-33/h13-14,16-17,22-23,30-31,34-36,38,40,46,51H,7-12,15,18-21,24-29H2,1-6H3,(H,47,52). The number of benzene rings is 2. The summed E-state index contributed by atoms with van der Waals surface area (Å²) in [6.07, 6.45) is 7.62. The van der Waals surface area contributed by atoms with Crippen molar-refractivity contribution in [2.24, 2.45) is 23.7 Å². The van der Waals surface area contributed by atoms with E-state index in [1.165, 1.54) is 24.0 Å². The minimum absolute atomic E-state index is 0.0811. The second-order valence-electron chi connectivity index (χ2n) is 18.1. The van der Waals surface area contributed by atoms with Gasteiger partial charge in [0.05, 0.1) is 24.2 Å². The molecule has 1 amide bonds. The molecule has 2 aromatic carbocycles. The number of aryl methyl sites for hydroxylation is 1. The van der Waals surface area contributed by atoms with Crippen LogP contribution in [0.2, 0.25) is 5.02 Å². The number of anilines is 1. The minimum Gasteiger partial charge on any atom is -0.491 e. The first-order valence-electron chi connectivity index (χ1n) is 21.2. The van der Waals surface area contributed by atoms with Crippen LogP contribution in [0.5, 0.6) is 5.75 Å². The molecule has 8 unspecified atom stereocenters. The molecule has 3 aliphatic heterocycles. The van der Waals surface area contributed by atoms with E-state index in [-0.39, 0.29) is 41.2 Å². The molecule has 306 valence electrons. The fraction of sp³-hybridized carbons (Fsp3) is 0.705. The SMILES string of the molecule is CCCc1cc(Cl)ccc1C1COc2ccc3cc2N(C1)CC1CCC1C(CN1CCN(CCNC(C)(C)C)C(CO)C1)CCCC(C)C(C)S(=O)NC3=O. The van der Waals surface area contributed by atoms with Crippen LogP contribution in [-0.4, -0.2) is 107 Å². The fourth-order valence-corrected chi connectivity index (χ4v) is 10.7. The van der Waals surface area contributed by atoms with E-state index in [1.807, 2.05) is 31.2 Å². The number of hydrogen-bond donors (Lipinski definition) is 3. The molecule has 8 atom stereocenters. The molecule has 2 fully saturated rings. The summed E-state index contributed by atoms with van der Waals surface area (Å²) in [4.78, 5) is 21.2. The van der Waals surface area contributed by atoms with Gasteiger partial charge in [0, 0.05) is 80.4 Å². The van der Waals surface area contributed by atoms with Crippen molar-refractivity contribution in [1.82, 2.24) is 19.8 Å². The second-order valence-corrected chi connectivity index (χ2v) is 20.1. The number of piperazine rings is 1. The van der Waals surface area contributed by atoms with Crippen molar-refractivity contribution in [2.45, 2.75) is 109 Å². The Labute approximate surface area is 338 Å². The number of nitrogens with one attached hydrogen (secondary N) is 2. The summed E-state index contributed by atoms with van der Waals surface area (Å²) < 4.78 is 23.0. The molecule has 11 heteroatoms. The van der Waals surface area contributed by atoms with E-state index in [4.69, 9.17) is 16.3 Å². The maximum atomic E-state index is 13.6. The second kappa shape index (κ2) is 19.0. The topological polar surface area (TPSA) is 97.4 Å². The van der Waals surface area contributed by atoms with E-state index in [9.17, 15) is 14.1 Å². The van der Waals surface area contributed by atoms with Gasteiger partial charge in [-0.25, -0.2) is 4.21 Å². The van der Waals surface area contributed by atoms with Crippen molar-refractivity contribution in [3.8, 4) is 5.75 Å². The summed E-state index contributed by atoms with van der Waals surface area (Å²) in [5.74, 6) is 2.53. The molecule has 4 aliphatic rings. The summed E-state index contributed by atoms with van der Waals surface area (Å²) >= 11 is 6.51. The van der Waals surface area contributed by atoms with Crippen LogP contribution in [0.3, 0.4) is 0 Å². The third-order valence-electron chi connectivity index (χ3n) is 13.1. The first-order valence-corrected chi connectivity index (χ1v) is 22.8. The number of hydrogen-bond acceptors (Lipinski definition) is 8. The Balaban J connectivity index is 1.27. The van der Waals surface area contributed by atoms with Crippen molar-refractivity contribution < 1.29 is 18.8 Å². The van der Waals surface area contributed by atoms with Crippen molar-refractivity contribution in [3.05, 3.63) is 58.1 Å². The summed E-state index contributed by atoms with van der Waals surface area (Å²) in [7, 11) is -1.50. The fourth-order valence-electron chi connectivity index (χ4n) is 9.51. The third-order valence-corrected chi connectivity index (χ3v) is 14.8. The average molecular weight is 799 g/mol. The van der Waals surface area contributed by atoms with Crippen LogP contribution in [0.4, 0.5) is 5.69 Å². The summed E-state index contributed by atoms with van der Waals surface area (Å²) in [6, 6.07) is 12.2. The zero-order valence-electron chi connectivity index (χ0n) is 34.3. The number of aliphatic hydroxyl groups excluding tert-OH is 1. The van der Waals surface area contributed by atoms with E-state index in [2.05, 4.69) is 71.5 Å². The zero-order chi connectivity index (χ0) is 39.3. The highest BCUT2D eigenvalue weighted by Crippen LogP contribution is 2.45. The molecule has 1 saturated heterocycles. The number of rotatable bonds is 9. The lowest BCUT2D eigenvalue weighted by molar-refractivity contribution is 0.0115. The van der Waals surface area contributed by atoms with Crippen LogP contribution >= 0.6 is 11.6 Å². The quantitative estimate of drug-likeness (QED) is 0.253. The number of aliphatic hydroxyl groups is 1. The Kier molecular flexibility index (Phi) is 14.7. The van der Waals surface area contributed by atoms with Gasteiger partial charge in [0.25, 0.3) is 5.91 Å². The maximum absolute atomic E-state index is 13.6. The Morgan fingerprint density at radius 1 is 1.04 bits per heavy atom. The number of amides is 1. The monoisotopic (exact) mass is 797 g/mol. The van der Waals surface area contributed by atoms with Gasteiger partial charge in [-0.1, -0.05) is 44.4 Å². The zero-order valence-corrected chi connectivity index (χ0v) is 35.9. The number of fused-ring (bicyclic) bond motifs is 2. The number of carbonyl (C=O) groups excluding carboxylic acids is 1. The third kappa shape index (κ3) is 10.8. The van der Waals surface area contributed by atoms with E-state index >= 15 is 0 Å². The smallest absolute Gasteiger partial charge is 0.263 e. The van der Waals surface area contributed by atoms with Crippen molar-refractivity contribution in [1.29, 1.82) is 0 Å². The van der Waals surface area contributed by atoms with Gasteiger partial charge in [-0.05, 0) is 125 Å². The van der Waals surface area contributed by atoms with Crippen molar-refractivity contribution in [2.75, 3.05) is 70.5 Å².